The fraction of sp³-hybridized carbons (Fsp3) is 0.400. The number of aliphatic hydroxyl groups is 2. The smallest absolute Gasteiger partial charge is 0.287 e. The molecule has 1 aliphatic rings. The Morgan fingerprint density at radius 3 is 2.78 bits per heavy atom. The SMILES string of the molecule is COc1cc(CNC(=O)c2nc3ccc(F)c(OCCC4CCC(O)(CO)C4)c3c(=O)[nH]2)ccc1F. The second-order valence-corrected chi connectivity index (χ2v) is 8.97. The lowest BCUT2D eigenvalue weighted by Gasteiger charge is -2.19. The summed E-state index contributed by atoms with van der Waals surface area (Å²) in [5.41, 5.74) is -1.17. The van der Waals surface area contributed by atoms with Gasteiger partial charge < -0.3 is 30.0 Å². The van der Waals surface area contributed by atoms with Crippen LogP contribution in [-0.2, 0) is 6.54 Å². The van der Waals surface area contributed by atoms with Crippen LogP contribution in [0.5, 0.6) is 11.5 Å². The Kier molecular flexibility index (Phi) is 7.51. The van der Waals surface area contributed by atoms with Crippen LogP contribution >= 0.6 is 0 Å². The minimum Gasteiger partial charge on any atom is -0.494 e. The van der Waals surface area contributed by atoms with Gasteiger partial charge in [-0.25, -0.2) is 13.8 Å². The normalized spacial score (nSPS) is 19.4. The molecule has 36 heavy (non-hydrogen) atoms. The van der Waals surface area contributed by atoms with Gasteiger partial charge in [0.1, 0.15) is 5.39 Å². The molecule has 1 amide bonds. The Morgan fingerprint density at radius 2 is 2.06 bits per heavy atom. The van der Waals surface area contributed by atoms with Gasteiger partial charge in [0.05, 0.1) is 31.4 Å². The Bertz CT molecular complexity index is 1330. The van der Waals surface area contributed by atoms with E-state index in [-0.39, 0.29) is 53.9 Å². The fourth-order valence-electron chi connectivity index (χ4n) is 4.44. The quantitative estimate of drug-likeness (QED) is 0.352. The van der Waals surface area contributed by atoms with Crippen LogP contribution in [0.15, 0.2) is 35.1 Å². The number of ether oxygens (including phenoxy) is 2. The van der Waals surface area contributed by atoms with E-state index in [2.05, 4.69) is 15.3 Å². The second kappa shape index (κ2) is 10.6. The molecule has 1 aromatic heterocycles. The molecule has 0 bridgehead atoms. The van der Waals surface area contributed by atoms with Gasteiger partial charge in [-0.2, -0.15) is 0 Å². The third kappa shape index (κ3) is 5.47. The number of benzene rings is 2. The van der Waals surface area contributed by atoms with E-state index >= 15 is 0 Å². The molecule has 4 rings (SSSR count). The maximum absolute atomic E-state index is 14.5. The van der Waals surface area contributed by atoms with Crippen LogP contribution in [0, 0.1) is 17.6 Å². The number of aliphatic hydroxyl groups excluding tert-OH is 1. The molecule has 0 radical (unpaired) electrons. The summed E-state index contributed by atoms with van der Waals surface area (Å²) >= 11 is 0. The van der Waals surface area contributed by atoms with Gasteiger partial charge in [-0.3, -0.25) is 9.59 Å². The molecule has 2 aromatic carbocycles. The van der Waals surface area contributed by atoms with Crippen LogP contribution in [0.25, 0.3) is 10.9 Å². The summed E-state index contributed by atoms with van der Waals surface area (Å²) in [6, 6.07) is 6.53. The van der Waals surface area contributed by atoms with Gasteiger partial charge in [0.15, 0.2) is 29.0 Å². The van der Waals surface area contributed by atoms with Crippen LogP contribution in [-0.4, -0.2) is 52.0 Å². The number of H-pyrrole nitrogens is 1. The number of aromatic nitrogens is 2. The molecule has 3 aromatic rings. The van der Waals surface area contributed by atoms with Crippen molar-refractivity contribution >= 4 is 16.8 Å². The summed E-state index contributed by atoms with van der Waals surface area (Å²) in [5.74, 6) is -2.35. The Balaban J connectivity index is 1.46. The highest BCUT2D eigenvalue weighted by Gasteiger charge is 2.36. The molecule has 2 unspecified atom stereocenters. The molecular formula is C25H27F2N3O6. The van der Waals surface area contributed by atoms with Crippen molar-refractivity contribution in [3.8, 4) is 11.5 Å². The molecule has 192 valence electrons. The monoisotopic (exact) mass is 503 g/mol. The van der Waals surface area contributed by atoms with Crippen molar-refractivity contribution in [2.45, 2.75) is 37.8 Å². The molecule has 0 spiro atoms. The third-order valence-corrected chi connectivity index (χ3v) is 6.42. The fourth-order valence-corrected chi connectivity index (χ4v) is 4.44. The van der Waals surface area contributed by atoms with Crippen LogP contribution in [0.4, 0.5) is 8.78 Å². The number of carbonyl (C=O) groups excluding carboxylic acids is 1. The first kappa shape index (κ1) is 25.5. The van der Waals surface area contributed by atoms with Gasteiger partial charge in [-0.1, -0.05) is 6.07 Å². The molecule has 4 N–H and O–H groups in total. The van der Waals surface area contributed by atoms with Crippen LogP contribution in [0.2, 0.25) is 0 Å². The van der Waals surface area contributed by atoms with Crippen molar-refractivity contribution in [3.05, 3.63) is 63.7 Å². The number of fused-ring (bicyclic) bond motifs is 1. The number of aromatic amines is 1. The number of hydrogen-bond donors (Lipinski definition) is 4. The zero-order valence-electron chi connectivity index (χ0n) is 19.6. The second-order valence-electron chi connectivity index (χ2n) is 8.97. The average molecular weight is 504 g/mol. The van der Waals surface area contributed by atoms with E-state index in [4.69, 9.17) is 9.47 Å². The maximum atomic E-state index is 14.5. The van der Waals surface area contributed by atoms with Crippen LogP contribution in [0.1, 0.15) is 41.9 Å². The van der Waals surface area contributed by atoms with Crippen molar-refractivity contribution in [1.29, 1.82) is 0 Å². The summed E-state index contributed by atoms with van der Waals surface area (Å²) in [6.45, 7) is -0.177. The number of rotatable bonds is 9. The highest BCUT2D eigenvalue weighted by Crippen LogP contribution is 2.36. The first-order valence-corrected chi connectivity index (χ1v) is 11.5. The van der Waals surface area contributed by atoms with Crippen molar-refractivity contribution in [2.24, 2.45) is 5.92 Å². The number of nitrogens with zero attached hydrogens (tertiary/aromatic N) is 1. The van der Waals surface area contributed by atoms with Gasteiger partial charge in [0.2, 0.25) is 0 Å². The van der Waals surface area contributed by atoms with Crippen LogP contribution < -0.4 is 20.3 Å². The molecular weight excluding hydrogens is 476 g/mol. The zero-order chi connectivity index (χ0) is 25.9. The highest BCUT2D eigenvalue weighted by atomic mass is 19.1. The van der Waals surface area contributed by atoms with Crippen LogP contribution in [0.3, 0.4) is 0 Å². The Labute approximate surface area is 205 Å². The van der Waals surface area contributed by atoms with E-state index < -0.39 is 28.7 Å². The molecule has 0 saturated heterocycles. The molecule has 2 atom stereocenters. The summed E-state index contributed by atoms with van der Waals surface area (Å²) in [6.07, 6.45) is 2.14. The van der Waals surface area contributed by atoms with E-state index in [9.17, 15) is 28.6 Å². The van der Waals surface area contributed by atoms with E-state index in [1.807, 2.05) is 0 Å². The topological polar surface area (TPSA) is 134 Å². The number of carbonyl (C=O) groups is 1. The molecule has 1 saturated carbocycles. The summed E-state index contributed by atoms with van der Waals surface area (Å²) < 4.78 is 38.6. The van der Waals surface area contributed by atoms with Gasteiger partial charge in [-0.15, -0.1) is 0 Å². The summed E-state index contributed by atoms with van der Waals surface area (Å²) in [7, 11) is 1.33. The minimum absolute atomic E-state index is 0.0293. The van der Waals surface area contributed by atoms with Gasteiger partial charge in [0, 0.05) is 6.54 Å². The first-order valence-electron chi connectivity index (χ1n) is 11.5. The lowest BCUT2D eigenvalue weighted by Crippen LogP contribution is -2.29. The third-order valence-electron chi connectivity index (χ3n) is 6.42. The van der Waals surface area contributed by atoms with E-state index in [0.29, 0.717) is 31.2 Å². The average Bonchev–Trinajstić information content (AvgIpc) is 3.25. The van der Waals surface area contributed by atoms with Gasteiger partial charge >= 0.3 is 0 Å². The standard InChI is InChI=1S/C25H27F2N3O6/c1-35-19-10-15(2-3-16(19)26)12-28-24(33)22-29-18-5-4-17(27)21(20(18)23(32)30-22)36-9-7-14-6-8-25(34,11-14)13-31/h2-5,10,14,31,34H,6-9,11-13H2,1H3,(H,28,33)(H,29,30,32). The Hall–Kier alpha value is -3.57. The predicted octanol–water partition coefficient (Wildman–Crippen LogP) is 2.43. The van der Waals surface area contributed by atoms with E-state index in [1.165, 1.54) is 31.4 Å². The molecule has 1 heterocycles. The molecule has 9 nitrogen and oxygen atoms in total. The number of nitrogens with one attached hydrogen (secondary N) is 2. The van der Waals surface area contributed by atoms with E-state index in [1.54, 1.807) is 0 Å². The number of halogens is 2. The summed E-state index contributed by atoms with van der Waals surface area (Å²) in [5, 5.41) is 21.9. The molecule has 0 aliphatic heterocycles. The summed E-state index contributed by atoms with van der Waals surface area (Å²) in [4.78, 5) is 31.9. The minimum atomic E-state index is -1.09. The molecule has 11 heteroatoms. The predicted molar refractivity (Wildman–Crippen MR) is 126 cm³/mol. The van der Waals surface area contributed by atoms with Crippen molar-refractivity contribution in [2.75, 3.05) is 20.3 Å². The first-order chi connectivity index (χ1) is 17.2. The van der Waals surface area contributed by atoms with Gasteiger partial charge in [0.25, 0.3) is 11.5 Å². The lowest BCUT2D eigenvalue weighted by atomic mass is 9.99. The maximum Gasteiger partial charge on any atom is 0.287 e. The van der Waals surface area contributed by atoms with Crippen molar-refractivity contribution in [3.63, 3.8) is 0 Å². The van der Waals surface area contributed by atoms with Crippen molar-refractivity contribution in [1.82, 2.24) is 15.3 Å². The van der Waals surface area contributed by atoms with E-state index in [0.717, 1.165) is 6.07 Å². The molecule has 1 aliphatic carbocycles. The lowest BCUT2D eigenvalue weighted by molar-refractivity contribution is -0.0118. The van der Waals surface area contributed by atoms with Gasteiger partial charge in [-0.05, 0) is 61.4 Å². The number of methoxy groups -OCH3 is 1. The molecule has 1 fully saturated rings. The highest BCUT2D eigenvalue weighted by molar-refractivity contribution is 5.93. The van der Waals surface area contributed by atoms with Crippen molar-refractivity contribution < 1.29 is 33.3 Å². The Morgan fingerprint density at radius 1 is 1.28 bits per heavy atom. The number of amides is 1. The zero-order valence-corrected chi connectivity index (χ0v) is 19.6. The largest absolute Gasteiger partial charge is 0.494 e. The number of hydrogen-bond acceptors (Lipinski definition) is 7.